The van der Waals surface area contributed by atoms with Crippen molar-refractivity contribution in [2.24, 2.45) is 5.73 Å². The van der Waals surface area contributed by atoms with Crippen molar-refractivity contribution in [1.82, 2.24) is 4.90 Å². The minimum absolute atomic E-state index is 0.150. The number of anilines is 1. The summed E-state index contributed by atoms with van der Waals surface area (Å²) in [5.41, 5.74) is 8.27. The van der Waals surface area contributed by atoms with Gasteiger partial charge in [0.1, 0.15) is 11.6 Å². The number of ether oxygens (including phenoxy) is 1. The molecule has 1 heterocycles. The normalized spacial score (nSPS) is 16.9. The van der Waals surface area contributed by atoms with Crippen molar-refractivity contribution in [1.29, 1.82) is 0 Å². The molecule has 0 radical (unpaired) electrons. The zero-order valence-corrected chi connectivity index (χ0v) is 14.0. The van der Waals surface area contributed by atoms with E-state index in [0.717, 1.165) is 43.2 Å². The van der Waals surface area contributed by atoms with Crippen molar-refractivity contribution in [3.63, 3.8) is 0 Å². The Balaban J connectivity index is 1.69. The molecule has 0 saturated carbocycles. The second-order valence-corrected chi connectivity index (χ2v) is 5.99. The van der Waals surface area contributed by atoms with Crippen molar-refractivity contribution in [3.8, 4) is 5.75 Å². The summed E-state index contributed by atoms with van der Waals surface area (Å²) >= 11 is 0. The molecule has 2 aromatic rings. The molecule has 3 rings (SSSR count). The Hall–Kier alpha value is -2.11. The first-order chi connectivity index (χ1) is 11.7. The Morgan fingerprint density at radius 3 is 2.33 bits per heavy atom. The zero-order valence-electron chi connectivity index (χ0n) is 14.0. The van der Waals surface area contributed by atoms with Gasteiger partial charge in [0.2, 0.25) is 0 Å². The number of hydrogen-bond acceptors (Lipinski definition) is 4. The Labute approximate surface area is 142 Å². The number of hydrogen-bond donors (Lipinski definition) is 1. The fourth-order valence-corrected chi connectivity index (χ4v) is 3.36. The van der Waals surface area contributed by atoms with Crippen LogP contribution in [0, 0.1) is 5.82 Å². The number of piperazine rings is 1. The Bertz CT molecular complexity index is 654. The first-order valence-corrected chi connectivity index (χ1v) is 8.30. The number of nitrogens with zero attached hydrogens (tertiary/aromatic N) is 2. The van der Waals surface area contributed by atoms with E-state index >= 15 is 0 Å². The lowest BCUT2D eigenvalue weighted by Gasteiger charge is -2.40. The summed E-state index contributed by atoms with van der Waals surface area (Å²) in [5, 5.41) is 0. The van der Waals surface area contributed by atoms with E-state index in [1.165, 1.54) is 12.1 Å². The minimum atomic E-state index is -0.197. The molecule has 0 bridgehead atoms. The number of nitrogens with two attached hydrogens (primary N) is 1. The quantitative estimate of drug-likeness (QED) is 0.916. The lowest BCUT2D eigenvalue weighted by atomic mass is 10.0. The third-order valence-corrected chi connectivity index (χ3v) is 4.67. The third-order valence-electron chi connectivity index (χ3n) is 4.67. The molecule has 1 aliphatic heterocycles. The predicted octanol–water partition coefficient (Wildman–Crippen LogP) is 2.66. The summed E-state index contributed by atoms with van der Waals surface area (Å²) in [5.74, 6) is 0.686. The highest BCUT2D eigenvalue weighted by Gasteiger charge is 2.26. The van der Waals surface area contributed by atoms with Crippen LogP contribution in [0.1, 0.15) is 11.6 Å². The highest BCUT2D eigenvalue weighted by atomic mass is 19.1. The second-order valence-electron chi connectivity index (χ2n) is 5.99. The summed E-state index contributed by atoms with van der Waals surface area (Å²) in [6, 6.07) is 14.9. The van der Waals surface area contributed by atoms with E-state index in [-0.39, 0.29) is 11.9 Å². The molecule has 4 nitrogen and oxygen atoms in total. The Kier molecular flexibility index (Phi) is 5.33. The molecule has 5 heteroatoms. The molecule has 1 aliphatic rings. The smallest absolute Gasteiger partial charge is 0.123 e. The molecule has 1 atom stereocenters. The largest absolute Gasteiger partial charge is 0.496 e. The molecule has 1 fully saturated rings. The van der Waals surface area contributed by atoms with Gasteiger partial charge in [-0.15, -0.1) is 0 Å². The molecule has 1 unspecified atom stereocenters. The van der Waals surface area contributed by atoms with Crippen molar-refractivity contribution >= 4 is 5.69 Å². The van der Waals surface area contributed by atoms with Crippen LogP contribution in [-0.4, -0.2) is 44.7 Å². The van der Waals surface area contributed by atoms with Crippen LogP contribution in [0.15, 0.2) is 48.5 Å². The van der Waals surface area contributed by atoms with E-state index in [4.69, 9.17) is 10.5 Å². The molecular formula is C19H24FN3O. The van der Waals surface area contributed by atoms with Crippen LogP contribution in [0.3, 0.4) is 0 Å². The Morgan fingerprint density at radius 2 is 1.71 bits per heavy atom. The van der Waals surface area contributed by atoms with Crippen molar-refractivity contribution < 1.29 is 9.13 Å². The fraction of sp³-hybridized carbons (Fsp3) is 0.368. The second kappa shape index (κ2) is 7.64. The molecule has 2 N–H and O–H groups in total. The van der Waals surface area contributed by atoms with E-state index in [1.807, 2.05) is 30.3 Å². The maximum atomic E-state index is 13.1. The van der Waals surface area contributed by atoms with Gasteiger partial charge >= 0.3 is 0 Å². The van der Waals surface area contributed by atoms with Gasteiger partial charge in [-0.25, -0.2) is 4.39 Å². The lowest BCUT2D eigenvalue weighted by molar-refractivity contribution is 0.187. The monoisotopic (exact) mass is 329 g/mol. The van der Waals surface area contributed by atoms with Gasteiger partial charge in [-0.05, 0) is 30.3 Å². The van der Waals surface area contributed by atoms with Crippen molar-refractivity contribution in [3.05, 3.63) is 59.9 Å². The molecule has 0 amide bonds. The van der Waals surface area contributed by atoms with Crippen LogP contribution < -0.4 is 15.4 Å². The van der Waals surface area contributed by atoms with Gasteiger partial charge in [-0.3, -0.25) is 4.90 Å². The van der Waals surface area contributed by atoms with Gasteiger partial charge in [0.25, 0.3) is 0 Å². The maximum absolute atomic E-state index is 13.1. The van der Waals surface area contributed by atoms with E-state index in [1.54, 1.807) is 7.11 Å². The standard InChI is InChI=1S/C19H24FN3O/c1-24-19-5-3-2-4-17(19)18(14-21)23-12-10-22(11-13-23)16-8-6-15(20)7-9-16/h2-9,18H,10-14,21H2,1H3. The van der Waals surface area contributed by atoms with Crippen LogP contribution in [0.2, 0.25) is 0 Å². The molecule has 2 aromatic carbocycles. The lowest BCUT2D eigenvalue weighted by Crippen LogP contribution is -2.49. The summed E-state index contributed by atoms with van der Waals surface area (Å²) in [7, 11) is 1.69. The van der Waals surface area contributed by atoms with Gasteiger partial charge in [-0.1, -0.05) is 18.2 Å². The molecule has 0 aliphatic carbocycles. The van der Waals surface area contributed by atoms with Crippen LogP contribution in [0.4, 0.5) is 10.1 Å². The van der Waals surface area contributed by atoms with Gasteiger partial charge in [-0.2, -0.15) is 0 Å². The average molecular weight is 329 g/mol. The topological polar surface area (TPSA) is 41.7 Å². The highest BCUT2D eigenvalue weighted by Crippen LogP contribution is 2.30. The van der Waals surface area contributed by atoms with Crippen LogP contribution in [0.5, 0.6) is 5.75 Å². The summed E-state index contributed by atoms with van der Waals surface area (Å²) in [6.45, 7) is 4.18. The molecular weight excluding hydrogens is 305 g/mol. The number of halogens is 1. The van der Waals surface area contributed by atoms with Gasteiger partial charge in [0.05, 0.1) is 13.2 Å². The van der Waals surface area contributed by atoms with Crippen molar-refractivity contribution in [2.75, 3.05) is 44.7 Å². The first-order valence-electron chi connectivity index (χ1n) is 8.30. The van der Waals surface area contributed by atoms with Gasteiger partial charge in [0.15, 0.2) is 0 Å². The minimum Gasteiger partial charge on any atom is -0.496 e. The summed E-state index contributed by atoms with van der Waals surface area (Å²) in [4.78, 5) is 4.68. The fourth-order valence-electron chi connectivity index (χ4n) is 3.36. The van der Waals surface area contributed by atoms with Crippen LogP contribution in [0.25, 0.3) is 0 Å². The van der Waals surface area contributed by atoms with E-state index in [0.29, 0.717) is 6.54 Å². The van der Waals surface area contributed by atoms with Gasteiger partial charge in [0, 0.05) is 44.0 Å². The predicted molar refractivity (Wildman–Crippen MR) is 95.0 cm³/mol. The number of benzene rings is 2. The van der Waals surface area contributed by atoms with E-state index in [2.05, 4.69) is 15.9 Å². The van der Waals surface area contributed by atoms with Crippen LogP contribution in [-0.2, 0) is 0 Å². The molecule has 128 valence electrons. The van der Waals surface area contributed by atoms with Crippen molar-refractivity contribution in [2.45, 2.75) is 6.04 Å². The Morgan fingerprint density at radius 1 is 1.04 bits per heavy atom. The first kappa shape index (κ1) is 16.7. The number of para-hydroxylation sites is 1. The molecule has 0 spiro atoms. The maximum Gasteiger partial charge on any atom is 0.123 e. The third kappa shape index (κ3) is 3.52. The molecule has 0 aromatic heterocycles. The van der Waals surface area contributed by atoms with Gasteiger partial charge < -0.3 is 15.4 Å². The van der Waals surface area contributed by atoms with E-state index in [9.17, 15) is 4.39 Å². The highest BCUT2D eigenvalue weighted by molar-refractivity contribution is 5.46. The SMILES string of the molecule is COc1ccccc1C(CN)N1CCN(c2ccc(F)cc2)CC1. The number of methoxy groups -OCH3 is 1. The zero-order chi connectivity index (χ0) is 16.9. The average Bonchev–Trinajstić information content (AvgIpc) is 2.64. The summed E-state index contributed by atoms with van der Waals surface area (Å²) < 4.78 is 18.6. The van der Waals surface area contributed by atoms with Crippen LogP contribution >= 0.6 is 0 Å². The summed E-state index contributed by atoms with van der Waals surface area (Å²) in [6.07, 6.45) is 0. The molecule has 1 saturated heterocycles. The number of rotatable bonds is 5. The molecule has 24 heavy (non-hydrogen) atoms. The van der Waals surface area contributed by atoms with E-state index < -0.39 is 0 Å².